The highest BCUT2D eigenvalue weighted by Crippen LogP contribution is 2.26. The molecule has 1 N–H and O–H groups in total. The van der Waals surface area contributed by atoms with Crippen molar-refractivity contribution in [2.75, 3.05) is 7.11 Å². The molecule has 0 aromatic heterocycles. The van der Waals surface area contributed by atoms with E-state index in [0.717, 1.165) is 0 Å². The molecule has 0 spiro atoms. The third kappa shape index (κ3) is 2.11. The van der Waals surface area contributed by atoms with Crippen LogP contribution in [-0.2, 0) is 4.74 Å². The molecule has 0 fully saturated rings. The lowest BCUT2D eigenvalue weighted by Gasteiger charge is -2.23. The van der Waals surface area contributed by atoms with Crippen LogP contribution < -0.4 is 0 Å². The van der Waals surface area contributed by atoms with Gasteiger partial charge in [-0.2, -0.15) is 0 Å². The molecule has 0 heterocycles. The number of methoxy groups -OCH3 is 1. The highest BCUT2D eigenvalue weighted by molar-refractivity contribution is 5.24. The summed E-state index contributed by atoms with van der Waals surface area (Å²) in [6.45, 7) is -6.02. The monoisotopic (exact) mass is 174 g/mol. The van der Waals surface area contributed by atoms with Crippen molar-refractivity contribution in [3.63, 3.8) is 0 Å². The van der Waals surface area contributed by atoms with E-state index in [4.69, 9.17) is 13.0 Å². The van der Waals surface area contributed by atoms with Crippen LogP contribution in [0.1, 0.15) is 34.8 Å². The van der Waals surface area contributed by atoms with Crippen LogP contribution >= 0.6 is 0 Å². The Morgan fingerprint density at radius 2 is 2.25 bits per heavy atom. The second-order valence-electron chi connectivity index (χ2n) is 2.72. The fourth-order valence-electron chi connectivity index (χ4n) is 1.08. The van der Waals surface area contributed by atoms with E-state index in [0.29, 0.717) is 5.76 Å². The first-order chi connectivity index (χ1) is 8.04. The van der Waals surface area contributed by atoms with Gasteiger partial charge in [0.25, 0.3) is 0 Å². The van der Waals surface area contributed by atoms with Crippen LogP contribution in [0.4, 0.5) is 0 Å². The first-order valence-corrected chi connectivity index (χ1v) is 3.69. The summed E-state index contributed by atoms with van der Waals surface area (Å²) in [6, 6.07) is 0. The van der Waals surface area contributed by atoms with Gasteiger partial charge in [-0.25, -0.2) is 0 Å². The first-order valence-electron chi connectivity index (χ1n) is 6.69. The van der Waals surface area contributed by atoms with Gasteiger partial charge in [-0.15, -0.1) is 0 Å². The largest absolute Gasteiger partial charge is 0.501 e. The number of hydrogen-bond donors (Lipinski definition) is 1. The van der Waals surface area contributed by atoms with Gasteiger partial charge in [0, 0.05) is 14.6 Å². The molecule has 1 aliphatic rings. The lowest BCUT2D eigenvalue weighted by Crippen LogP contribution is -2.22. The molecule has 0 radical (unpaired) electrons. The highest BCUT2D eigenvalue weighted by atomic mass is 16.5. The fourth-order valence-corrected chi connectivity index (χ4v) is 1.08. The molecule has 0 atom stereocenters. The predicted molar refractivity (Wildman–Crippen MR) is 48.7 cm³/mol. The van der Waals surface area contributed by atoms with Crippen molar-refractivity contribution in [1.29, 1.82) is 0 Å². The van der Waals surface area contributed by atoms with Crippen molar-refractivity contribution >= 4 is 0 Å². The average Bonchev–Trinajstić information content (AvgIpc) is 2.25. The topological polar surface area (TPSA) is 29.5 Å². The Hall–Kier alpha value is -0.760. The molecular weight excluding hydrogens is 152 g/mol. The maximum atomic E-state index is 10.2. The standard InChI is InChI=1S/C10H16O2/c1-10(2,11)8-4-6-9(12-3)7-5-8/h4,7,11H,5-6H2,1-3H3/i1D3,2D3. The zero-order valence-electron chi connectivity index (χ0n) is 12.9. The minimum Gasteiger partial charge on any atom is -0.501 e. The Balaban J connectivity index is 3.14. The Bertz CT molecular complexity index is 363. The average molecular weight is 174 g/mol. The Morgan fingerprint density at radius 3 is 2.67 bits per heavy atom. The third-order valence-corrected chi connectivity index (χ3v) is 1.83. The van der Waals surface area contributed by atoms with Gasteiger partial charge in [-0.3, -0.25) is 0 Å². The van der Waals surface area contributed by atoms with Gasteiger partial charge in [0.1, 0.15) is 0 Å². The predicted octanol–water partition coefficient (Wildman–Crippen LogP) is 2.01. The molecule has 0 aromatic carbocycles. The molecular formula is C10H16O2. The Morgan fingerprint density at radius 1 is 1.50 bits per heavy atom. The van der Waals surface area contributed by atoms with Gasteiger partial charge < -0.3 is 9.84 Å². The summed E-state index contributed by atoms with van der Waals surface area (Å²) in [5.74, 6) is 0.622. The van der Waals surface area contributed by atoms with Crippen LogP contribution in [0.3, 0.4) is 0 Å². The third-order valence-electron chi connectivity index (χ3n) is 1.83. The van der Waals surface area contributed by atoms with Crippen molar-refractivity contribution < 1.29 is 18.1 Å². The second kappa shape index (κ2) is 3.31. The molecule has 1 rings (SSSR count). The lowest BCUT2D eigenvalue weighted by atomic mass is 9.91. The quantitative estimate of drug-likeness (QED) is 0.649. The van der Waals surface area contributed by atoms with Crippen molar-refractivity contribution in [3.8, 4) is 0 Å². The maximum absolute atomic E-state index is 10.2. The molecule has 2 nitrogen and oxygen atoms in total. The van der Waals surface area contributed by atoms with Crippen molar-refractivity contribution in [3.05, 3.63) is 23.5 Å². The second-order valence-corrected chi connectivity index (χ2v) is 2.72. The lowest BCUT2D eigenvalue weighted by molar-refractivity contribution is 0.116. The van der Waals surface area contributed by atoms with Crippen LogP contribution in [0.5, 0.6) is 0 Å². The van der Waals surface area contributed by atoms with Gasteiger partial charge in [0.2, 0.25) is 0 Å². The highest BCUT2D eigenvalue weighted by Gasteiger charge is 2.20. The molecule has 0 bridgehead atoms. The van der Waals surface area contributed by atoms with Gasteiger partial charge in [-0.1, -0.05) is 6.08 Å². The zero-order valence-corrected chi connectivity index (χ0v) is 6.92. The van der Waals surface area contributed by atoms with Crippen molar-refractivity contribution in [1.82, 2.24) is 0 Å². The summed E-state index contributed by atoms with van der Waals surface area (Å²) in [7, 11) is 1.48. The summed E-state index contributed by atoms with van der Waals surface area (Å²) in [5, 5.41) is 10.2. The van der Waals surface area contributed by atoms with Gasteiger partial charge in [-0.05, 0) is 31.8 Å². The van der Waals surface area contributed by atoms with E-state index >= 15 is 0 Å². The van der Waals surface area contributed by atoms with Crippen LogP contribution in [0, 0.1) is 0 Å². The van der Waals surface area contributed by atoms with E-state index < -0.39 is 19.3 Å². The number of aliphatic hydroxyl groups is 1. The summed E-state index contributed by atoms with van der Waals surface area (Å²) in [6.07, 6.45) is 3.33. The summed E-state index contributed by atoms with van der Waals surface area (Å²) >= 11 is 0. The van der Waals surface area contributed by atoms with Crippen LogP contribution in [-0.4, -0.2) is 17.8 Å². The van der Waals surface area contributed by atoms with Crippen LogP contribution in [0.25, 0.3) is 0 Å². The van der Waals surface area contributed by atoms with Crippen molar-refractivity contribution in [2.24, 2.45) is 0 Å². The maximum Gasteiger partial charge on any atom is 0.0956 e. The van der Waals surface area contributed by atoms with Crippen LogP contribution in [0.15, 0.2) is 23.5 Å². The molecule has 1 aliphatic carbocycles. The summed E-state index contributed by atoms with van der Waals surface area (Å²) in [4.78, 5) is 0. The normalized spacial score (nSPS) is 27.8. The summed E-state index contributed by atoms with van der Waals surface area (Å²) in [5.41, 5.74) is -2.82. The minimum absolute atomic E-state index is 0.0108. The van der Waals surface area contributed by atoms with E-state index in [9.17, 15) is 5.11 Å². The van der Waals surface area contributed by atoms with Crippen molar-refractivity contribution in [2.45, 2.75) is 32.1 Å². The molecule has 12 heavy (non-hydrogen) atoms. The van der Waals surface area contributed by atoms with Gasteiger partial charge in [0.15, 0.2) is 0 Å². The van der Waals surface area contributed by atoms with Gasteiger partial charge in [0.05, 0.1) is 18.5 Å². The number of ether oxygens (including phenoxy) is 1. The molecule has 0 saturated heterocycles. The van der Waals surface area contributed by atoms with E-state index in [1.165, 1.54) is 13.2 Å². The molecule has 0 aliphatic heterocycles. The molecule has 0 saturated carbocycles. The zero-order chi connectivity index (χ0) is 14.2. The smallest absolute Gasteiger partial charge is 0.0956 e. The Kier molecular flexibility index (Phi) is 1.10. The number of rotatable bonds is 2. The minimum atomic E-state index is -3.01. The van der Waals surface area contributed by atoms with Crippen LogP contribution in [0.2, 0.25) is 0 Å². The Labute approximate surface area is 82.0 Å². The SMILES string of the molecule is [2H]C([2H])([2H])C(O)(C1=CCC(OC)=CC1)C([2H])([2H])[2H]. The van der Waals surface area contributed by atoms with E-state index in [1.54, 1.807) is 6.08 Å². The summed E-state index contributed by atoms with van der Waals surface area (Å²) < 4.78 is 48.8. The number of allylic oxidation sites excluding steroid dienone is 2. The molecule has 0 aromatic rings. The van der Waals surface area contributed by atoms with E-state index in [1.807, 2.05) is 0 Å². The molecule has 2 heteroatoms. The fraction of sp³-hybridized carbons (Fsp3) is 0.600. The van der Waals surface area contributed by atoms with E-state index in [2.05, 4.69) is 0 Å². The number of hydrogen-bond acceptors (Lipinski definition) is 2. The van der Waals surface area contributed by atoms with Gasteiger partial charge >= 0.3 is 0 Å². The molecule has 68 valence electrons. The molecule has 0 unspecified atom stereocenters. The van der Waals surface area contributed by atoms with E-state index in [-0.39, 0.29) is 18.4 Å². The first kappa shape index (κ1) is 3.97. The molecule has 0 amide bonds.